The fourth-order valence-electron chi connectivity index (χ4n) is 1.74. The molecule has 0 bridgehead atoms. The second-order valence-corrected chi connectivity index (χ2v) is 4.70. The highest BCUT2D eigenvalue weighted by molar-refractivity contribution is 5.73. The van der Waals surface area contributed by atoms with Gasteiger partial charge in [0.25, 0.3) is 0 Å². The molecule has 102 valence electrons. The van der Waals surface area contributed by atoms with Gasteiger partial charge >= 0.3 is 6.03 Å². The Morgan fingerprint density at radius 1 is 1.50 bits per heavy atom. The van der Waals surface area contributed by atoms with Crippen molar-refractivity contribution in [3.63, 3.8) is 0 Å². The van der Waals surface area contributed by atoms with E-state index in [1.54, 1.807) is 17.8 Å². The first-order valence-corrected chi connectivity index (χ1v) is 6.15. The first-order chi connectivity index (χ1) is 8.49. The van der Waals surface area contributed by atoms with Crippen LogP contribution in [0, 0.1) is 5.92 Å². The molecule has 1 heterocycles. The first-order valence-electron chi connectivity index (χ1n) is 6.15. The summed E-state index contributed by atoms with van der Waals surface area (Å²) in [6.07, 6.45) is 2.04. The number of carbonyl (C=O) groups is 1. The van der Waals surface area contributed by atoms with E-state index in [1.165, 1.54) is 0 Å². The Bertz CT molecular complexity index is 376. The molecule has 0 fully saturated rings. The zero-order valence-corrected chi connectivity index (χ0v) is 11.2. The van der Waals surface area contributed by atoms with E-state index in [2.05, 4.69) is 15.7 Å². The number of nitrogens with one attached hydrogen (secondary N) is 2. The molecule has 2 atom stereocenters. The Hall–Kier alpha value is -1.56. The lowest BCUT2D eigenvalue weighted by atomic mass is 10.1. The van der Waals surface area contributed by atoms with Gasteiger partial charge in [0, 0.05) is 19.8 Å². The maximum atomic E-state index is 11.5. The number of aliphatic hydroxyl groups excluding tert-OH is 1. The highest BCUT2D eigenvalue weighted by atomic mass is 16.3. The molecular formula is C12H22N4O2. The standard InChI is InChI=1S/C12H22N4O2/c1-9(6-10(2)17)7-13-12(18)14-8-11-4-5-15-16(11)3/h4-5,9-10,17H,6-8H2,1-3H3,(H2,13,14,18). The van der Waals surface area contributed by atoms with Gasteiger partial charge in [-0.15, -0.1) is 0 Å². The molecule has 1 aromatic rings. The van der Waals surface area contributed by atoms with Crippen molar-refractivity contribution in [3.05, 3.63) is 18.0 Å². The fraction of sp³-hybridized carbons (Fsp3) is 0.667. The monoisotopic (exact) mass is 254 g/mol. The van der Waals surface area contributed by atoms with Crippen molar-refractivity contribution >= 4 is 6.03 Å². The number of rotatable bonds is 6. The lowest BCUT2D eigenvalue weighted by Gasteiger charge is -2.14. The molecule has 0 aromatic carbocycles. The molecule has 1 rings (SSSR count). The Morgan fingerprint density at radius 3 is 2.78 bits per heavy atom. The van der Waals surface area contributed by atoms with E-state index in [0.717, 1.165) is 5.69 Å². The number of carbonyl (C=O) groups excluding carboxylic acids is 1. The zero-order chi connectivity index (χ0) is 13.5. The number of hydrogen-bond acceptors (Lipinski definition) is 3. The molecule has 2 amide bonds. The van der Waals surface area contributed by atoms with E-state index in [4.69, 9.17) is 0 Å². The molecule has 0 aliphatic carbocycles. The van der Waals surface area contributed by atoms with E-state index < -0.39 is 0 Å². The van der Waals surface area contributed by atoms with E-state index in [0.29, 0.717) is 19.5 Å². The summed E-state index contributed by atoms with van der Waals surface area (Å²) in [5, 5.41) is 18.8. The summed E-state index contributed by atoms with van der Waals surface area (Å²) >= 11 is 0. The number of nitrogens with zero attached hydrogens (tertiary/aromatic N) is 2. The Labute approximate surface area is 107 Å². The molecule has 6 heteroatoms. The van der Waals surface area contributed by atoms with E-state index >= 15 is 0 Å². The van der Waals surface area contributed by atoms with Gasteiger partial charge in [-0.3, -0.25) is 4.68 Å². The number of aliphatic hydroxyl groups is 1. The third-order valence-corrected chi connectivity index (χ3v) is 2.71. The van der Waals surface area contributed by atoms with Crippen molar-refractivity contribution in [1.29, 1.82) is 0 Å². The average molecular weight is 254 g/mol. The number of amides is 2. The Kier molecular flexibility index (Phi) is 5.64. The summed E-state index contributed by atoms with van der Waals surface area (Å²) in [5.41, 5.74) is 0.946. The predicted octanol–water partition coefficient (Wildman–Crippen LogP) is 0.626. The van der Waals surface area contributed by atoms with Crippen LogP contribution in [0.3, 0.4) is 0 Å². The second kappa shape index (κ2) is 7.00. The van der Waals surface area contributed by atoms with Gasteiger partial charge in [0.15, 0.2) is 0 Å². The van der Waals surface area contributed by atoms with Crippen LogP contribution < -0.4 is 10.6 Å². The van der Waals surface area contributed by atoms with Crippen LogP contribution in [-0.4, -0.2) is 33.6 Å². The van der Waals surface area contributed by atoms with Crippen molar-refractivity contribution in [2.75, 3.05) is 6.54 Å². The topological polar surface area (TPSA) is 79.2 Å². The van der Waals surface area contributed by atoms with Gasteiger partial charge in [-0.05, 0) is 25.3 Å². The van der Waals surface area contributed by atoms with Gasteiger partial charge in [-0.25, -0.2) is 4.79 Å². The molecule has 0 aliphatic rings. The molecule has 18 heavy (non-hydrogen) atoms. The number of aromatic nitrogens is 2. The number of hydrogen-bond donors (Lipinski definition) is 3. The van der Waals surface area contributed by atoms with E-state index in [1.807, 2.05) is 20.0 Å². The maximum absolute atomic E-state index is 11.5. The van der Waals surface area contributed by atoms with Crippen LogP contribution in [0.2, 0.25) is 0 Å². The molecule has 0 aliphatic heterocycles. The number of aryl methyl sites for hydroxylation is 1. The number of urea groups is 1. The third kappa shape index (κ3) is 5.18. The highest BCUT2D eigenvalue weighted by Gasteiger charge is 2.08. The Morgan fingerprint density at radius 2 is 2.22 bits per heavy atom. The van der Waals surface area contributed by atoms with Crippen molar-refractivity contribution in [2.24, 2.45) is 13.0 Å². The zero-order valence-electron chi connectivity index (χ0n) is 11.2. The van der Waals surface area contributed by atoms with Gasteiger partial charge in [-0.1, -0.05) is 6.92 Å². The van der Waals surface area contributed by atoms with E-state index in [9.17, 15) is 9.90 Å². The first kappa shape index (κ1) is 14.5. The van der Waals surface area contributed by atoms with Crippen LogP contribution in [0.15, 0.2) is 12.3 Å². The predicted molar refractivity (Wildman–Crippen MR) is 68.9 cm³/mol. The molecule has 3 N–H and O–H groups in total. The van der Waals surface area contributed by atoms with Gasteiger partial charge in [-0.2, -0.15) is 5.10 Å². The minimum absolute atomic E-state index is 0.200. The normalized spacial score (nSPS) is 14.0. The van der Waals surface area contributed by atoms with Crippen LogP contribution in [0.4, 0.5) is 4.79 Å². The summed E-state index contributed by atoms with van der Waals surface area (Å²) in [6, 6.07) is 1.66. The molecular weight excluding hydrogens is 232 g/mol. The SMILES string of the molecule is CC(O)CC(C)CNC(=O)NCc1ccnn1C. The lowest BCUT2D eigenvalue weighted by Crippen LogP contribution is -2.38. The van der Waals surface area contributed by atoms with Crippen molar-refractivity contribution in [2.45, 2.75) is 32.9 Å². The highest BCUT2D eigenvalue weighted by Crippen LogP contribution is 2.03. The van der Waals surface area contributed by atoms with Gasteiger partial charge in [0.05, 0.1) is 18.3 Å². The summed E-state index contributed by atoms with van der Waals surface area (Å²) < 4.78 is 1.72. The summed E-state index contributed by atoms with van der Waals surface area (Å²) in [5.74, 6) is 0.257. The molecule has 0 radical (unpaired) electrons. The summed E-state index contributed by atoms with van der Waals surface area (Å²) in [4.78, 5) is 11.5. The quantitative estimate of drug-likeness (QED) is 0.696. The van der Waals surface area contributed by atoms with Crippen LogP contribution in [-0.2, 0) is 13.6 Å². The molecule has 0 saturated carbocycles. The van der Waals surface area contributed by atoms with E-state index in [-0.39, 0.29) is 18.1 Å². The maximum Gasteiger partial charge on any atom is 0.315 e. The molecule has 0 spiro atoms. The minimum atomic E-state index is -0.334. The van der Waals surface area contributed by atoms with Crippen LogP contribution in [0.1, 0.15) is 26.0 Å². The largest absolute Gasteiger partial charge is 0.393 e. The molecule has 1 aromatic heterocycles. The van der Waals surface area contributed by atoms with Crippen LogP contribution in [0.25, 0.3) is 0 Å². The molecule has 0 saturated heterocycles. The van der Waals surface area contributed by atoms with Gasteiger partial charge < -0.3 is 15.7 Å². The van der Waals surface area contributed by atoms with Crippen LogP contribution >= 0.6 is 0 Å². The molecule has 2 unspecified atom stereocenters. The van der Waals surface area contributed by atoms with Gasteiger partial charge in [0.2, 0.25) is 0 Å². The van der Waals surface area contributed by atoms with Gasteiger partial charge in [0.1, 0.15) is 0 Å². The third-order valence-electron chi connectivity index (χ3n) is 2.71. The smallest absolute Gasteiger partial charge is 0.315 e. The average Bonchev–Trinajstić information content (AvgIpc) is 2.68. The van der Waals surface area contributed by atoms with Crippen molar-refractivity contribution < 1.29 is 9.90 Å². The summed E-state index contributed by atoms with van der Waals surface area (Å²) in [6.45, 7) is 4.75. The molecule has 6 nitrogen and oxygen atoms in total. The second-order valence-electron chi connectivity index (χ2n) is 4.70. The summed E-state index contributed by atoms with van der Waals surface area (Å²) in [7, 11) is 1.83. The minimum Gasteiger partial charge on any atom is -0.393 e. The van der Waals surface area contributed by atoms with Crippen molar-refractivity contribution in [1.82, 2.24) is 20.4 Å². The Balaban J connectivity index is 2.20. The van der Waals surface area contributed by atoms with Crippen LogP contribution in [0.5, 0.6) is 0 Å². The fourth-order valence-corrected chi connectivity index (χ4v) is 1.74. The van der Waals surface area contributed by atoms with Crippen molar-refractivity contribution in [3.8, 4) is 0 Å². The lowest BCUT2D eigenvalue weighted by molar-refractivity contribution is 0.163.